The fourth-order valence-corrected chi connectivity index (χ4v) is 3.27. The minimum Gasteiger partial charge on any atom is -0.352 e. The standard InChI is InChI=1S/C20H27N7O2/c1-4-22-19(29)16-7-5-6-15(10-16)11-23-20(21-2)26-8-9-27(18(28)14-26)17-12-24-25(3)13-17/h5-7,10,12-13H,4,8-9,11,14H2,1-3H3,(H,21,23)(H,22,29). The van der Waals surface area contributed by atoms with Crippen molar-refractivity contribution in [3.8, 4) is 0 Å². The molecule has 1 aliphatic rings. The number of guanidine groups is 1. The summed E-state index contributed by atoms with van der Waals surface area (Å²) in [6.45, 7) is 4.47. The summed E-state index contributed by atoms with van der Waals surface area (Å²) >= 11 is 0. The molecule has 0 radical (unpaired) electrons. The number of piperazine rings is 1. The van der Waals surface area contributed by atoms with Gasteiger partial charge < -0.3 is 20.4 Å². The van der Waals surface area contributed by atoms with Crippen molar-refractivity contribution < 1.29 is 9.59 Å². The Kier molecular flexibility index (Phi) is 6.48. The highest BCUT2D eigenvalue weighted by molar-refractivity contribution is 5.98. The molecule has 0 saturated carbocycles. The number of aromatic nitrogens is 2. The number of aliphatic imine (C=N–C) groups is 1. The van der Waals surface area contributed by atoms with Gasteiger partial charge in [-0.3, -0.25) is 19.3 Å². The van der Waals surface area contributed by atoms with Crippen molar-refractivity contribution in [1.82, 2.24) is 25.3 Å². The van der Waals surface area contributed by atoms with E-state index in [-0.39, 0.29) is 18.4 Å². The van der Waals surface area contributed by atoms with E-state index in [9.17, 15) is 9.59 Å². The highest BCUT2D eigenvalue weighted by Crippen LogP contribution is 2.16. The second-order valence-electron chi connectivity index (χ2n) is 6.80. The lowest BCUT2D eigenvalue weighted by Gasteiger charge is -2.35. The lowest BCUT2D eigenvalue weighted by Crippen LogP contribution is -2.55. The summed E-state index contributed by atoms with van der Waals surface area (Å²) in [6.07, 6.45) is 3.53. The molecule has 2 N–H and O–H groups in total. The van der Waals surface area contributed by atoms with Crippen LogP contribution >= 0.6 is 0 Å². The lowest BCUT2D eigenvalue weighted by atomic mass is 10.1. The molecule has 0 bridgehead atoms. The molecule has 0 unspecified atom stereocenters. The van der Waals surface area contributed by atoms with E-state index in [1.54, 1.807) is 28.9 Å². The number of anilines is 1. The van der Waals surface area contributed by atoms with Gasteiger partial charge in [-0.1, -0.05) is 12.1 Å². The zero-order valence-corrected chi connectivity index (χ0v) is 17.1. The maximum atomic E-state index is 12.6. The van der Waals surface area contributed by atoms with Crippen LogP contribution in [0.1, 0.15) is 22.8 Å². The number of carbonyl (C=O) groups is 2. The largest absolute Gasteiger partial charge is 0.352 e. The fourth-order valence-electron chi connectivity index (χ4n) is 3.27. The van der Waals surface area contributed by atoms with E-state index in [0.717, 1.165) is 11.3 Å². The Hall–Kier alpha value is -3.36. The van der Waals surface area contributed by atoms with Crippen LogP contribution in [-0.4, -0.2) is 65.7 Å². The summed E-state index contributed by atoms with van der Waals surface area (Å²) in [6, 6.07) is 7.46. The Bertz CT molecular complexity index is 906. The van der Waals surface area contributed by atoms with Crippen LogP contribution < -0.4 is 15.5 Å². The van der Waals surface area contributed by atoms with Gasteiger partial charge >= 0.3 is 0 Å². The molecule has 9 heteroatoms. The molecule has 1 aromatic heterocycles. The van der Waals surface area contributed by atoms with Gasteiger partial charge in [0.2, 0.25) is 5.91 Å². The van der Waals surface area contributed by atoms with Gasteiger partial charge in [0.15, 0.2) is 5.96 Å². The van der Waals surface area contributed by atoms with Gasteiger partial charge in [-0.25, -0.2) is 0 Å². The number of hydrogen-bond donors (Lipinski definition) is 2. The average molecular weight is 397 g/mol. The minimum atomic E-state index is -0.0872. The van der Waals surface area contributed by atoms with Crippen LogP contribution in [0.5, 0.6) is 0 Å². The first kappa shape index (κ1) is 20.4. The van der Waals surface area contributed by atoms with Crippen LogP contribution in [0.2, 0.25) is 0 Å². The zero-order valence-electron chi connectivity index (χ0n) is 17.1. The van der Waals surface area contributed by atoms with Crippen molar-refractivity contribution in [2.75, 3.05) is 38.1 Å². The van der Waals surface area contributed by atoms with E-state index >= 15 is 0 Å². The monoisotopic (exact) mass is 397 g/mol. The Morgan fingerprint density at radius 3 is 2.76 bits per heavy atom. The average Bonchev–Trinajstić information content (AvgIpc) is 3.15. The molecular formula is C20H27N7O2. The molecular weight excluding hydrogens is 370 g/mol. The summed E-state index contributed by atoms with van der Waals surface area (Å²) in [4.78, 5) is 32.6. The maximum Gasteiger partial charge on any atom is 0.251 e. The Balaban J connectivity index is 1.59. The van der Waals surface area contributed by atoms with Crippen molar-refractivity contribution in [2.45, 2.75) is 13.5 Å². The molecule has 1 fully saturated rings. The van der Waals surface area contributed by atoms with Crippen molar-refractivity contribution >= 4 is 23.5 Å². The molecule has 1 saturated heterocycles. The number of benzene rings is 1. The smallest absolute Gasteiger partial charge is 0.251 e. The number of hydrogen-bond acceptors (Lipinski definition) is 4. The molecule has 29 heavy (non-hydrogen) atoms. The molecule has 0 spiro atoms. The van der Waals surface area contributed by atoms with Gasteiger partial charge in [0.1, 0.15) is 6.54 Å². The molecule has 2 amide bonds. The van der Waals surface area contributed by atoms with Crippen molar-refractivity contribution in [3.63, 3.8) is 0 Å². The number of nitrogens with zero attached hydrogens (tertiary/aromatic N) is 5. The van der Waals surface area contributed by atoms with Gasteiger partial charge in [-0.15, -0.1) is 0 Å². The topological polar surface area (TPSA) is 94.9 Å². The summed E-state index contributed by atoms with van der Waals surface area (Å²) in [5, 5.41) is 10.2. The normalized spacial score (nSPS) is 14.9. The summed E-state index contributed by atoms with van der Waals surface area (Å²) in [5.74, 6) is 0.578. The second kappa shape index (κ2) is 9.22. The fraction of sp³-hybridized carbons (Fsp3) is 0.400. The molecule has 1 aromatic carbocycles. The first-order chi connectivity index (χ1) is 14.0. The van der Waals surface area contributed by atoms with E-state index in [2.05, 4.69) is 20.7 Å². The molecule has 0 atom stereocenters. The third kappa shape index (κ3) is 4.92. The number of rotatable bonds is 5. The third-order valence-electron chi connectivity index (χ3n) is 4.71. The van der Waals surface area contributed by atoms with Gasteiger partial charge in [0, 0.05) is 52.0 Å². The van der Waals surface area contributed by atoms with Crippen molar-refractivity contribution in [3.05, 3.63) is 47.8 Å². The Morgan fingerprint density at radius 1 is 1.28 bits per heavy atom. The van der Waals surface area contributed by atoms with Crippen molar-refractivity contribution in [2.24, 2.45) is 12.0 Å². The van der Waals surface area contributed by atoms with Crippen LogP contribution in [-0.2, 0) is 18.4 Å². The van der Waals surface area contributed by atoms with Crippen LogP contribution in [0.3, 0.4) is 0 Å². The summed E-state index contributed by atoms with van der Waals surface area (Å²) in [7, 11) is 3.53. The van der Waals surface area contributed by atoms with Crippen LogP contribution in [0.15, 0.2) is 41.7 Å². The molecule has 154 valence electrons. The Morgan fingerprint density at radius 2 is 2.10 bits per heavy atom. The van der Waals surface area contributed by atoms with Crippen molar-refractivity contribution in [1.29, 1.82) is 0 Å². The number of carbonyl (C=O) groups excluding carboxylic acids is 2. The molecule has 2 aromatic rings. The first-order valence-electron chi connectivity index (χ1n) is 9.63. The zero-order chi connectivity index (χ0) is 20.8. The minimum absolute atomic E-state index is 0.00503. The van der Waals surface area contributed by atoms with E-state index in [0.29, 0.717) is 37.7 Å². The summed E-state index contributed by atoms with van der Waals surface area (Å²) in [5.41, 5.74) is 2.40. The van der Waals surface area contributed by atoms with Crippen LogP contribution in [0, 0.1) is 0 Å². The maximum absolute atomic E-state index is 12.6. The Labute approximate surface area is 170 Å². The molecule has 1 aliphatic heterocycles. The van der Waals surface area contributed by atoms with Crippen LogP contribution in [0.25, 0.3) is 0 Å². The van der Waals surface area contributed by atoms with E-state index in [1.165, 1.54) is 0 Å². The molecule has 0 aliphatic carbocycles. The highest BCUT2D eigenvalue weighted by Gasteiger charge is 2.27. The van der Waals surface area contributed by atoms with E-state index in [1.807, 2.05) is 43.3 Å². The predicted octanol–water partition coefficient (Wildman–Crippen LogP) is 0.594. The SMILES string of the molecule is CCNC(=O)c1cccc(CNC(=NC)N2CCN(c3cnn(C)c3)C(=O)C2)c1. The van der Waals surface area contributed by atoms with E-state index < -0.39 is 0 Å². The first-order valence-corrected chi connectivity index (χ1v) is 9.63. The predicted molar refractivity (Wildman–Crippen MR) is 112 cm³/mol. The lowest BCUT2D eigenvalue weighted by molar-refractivity contribution is -0.120. The van der Waals surface area contributed by atoms with E-state index in [4.69, 9.17) is 0 Å². The quantitative estimate of drug-likeness (QED) is 0.569. The number of nitrogens with one attached hydrogen (secondary N) is 2. The number of aryl methyl sites for hydroxylation is 1. The van der Waals surface area contributed by atoms with Gasteiger partial charge in [-0.2, -0.15) is 5.10 Å². The van der Waals surface area contributed by atoms with Gasteiger partial charge in [0.25, 0.3) is 5.91 Å². The third-order valence-corrected chi connectivity index (χ3v) is 4.71. The van der Waals surface area contributed by atoms with Crippen LogP contribution in [0.4, 0.5) is 5.69 Å². The highest BCUT2D eigenvalue weighted by atomic mass is 16.2. The van der Waals surface area contributed by atoms with Gasteiger partial charge in [-0.05, 0) is 24.6 Å². The molecule has 2 heterocycles. The molecule has 9 nitrogen and oxygen atoms in total. The number of amides is 2. The van der Waals surface area contributed by atoms with Gasteiger partial charge in [0.05, 0.1) is 11.9 Å². The molecule has 3 rings (SSSR count). The summed E-state index contributed by atoms with van der Waals surface area (Å²) < 4.78 is 1.68. The second-order valence-corrected chi connectivity index (χ2v) is 6.80.